The number of thiophene rings is 1. The lowest BCUT2D eigenvalue weighted by molar-refractivity contribution is -0.118. The van der Waals surface area contributed by atoms with Gasteiger partial charge >= 0.3 is 5.97 Å². The number of methoxy groups -OCH3 is 1. The van der Waals surface area contributed by atoms with E-state index in [1.807, 2.05) is 45.0 Å². The number of benzene rings is 1. The van der Waals surface area contributed by atoms with Crippen LogP contribution in [0.3, 0.4) is 0 Å². The number of hydrogen-bond donors (Lipinski definition) is 2. The number of anilines is 2. The SMILES string of the molecule is COC(=O)c1c(NC(=O)CSc2cccc(NC(=O)CC(C)(C)C)c2)sc2c1CCCCCC2. The topological polar surface area (TPSA) is 84.5 Å². The van der Waals surface area contributed by atoms with Gasteiger partial charge in [0.15, 0.2) is 0 Å². The summed E-state index contributed by atoms with van der Waals surface area (Å²) in [6.45, 7) is 6.07. The fraction of sp³-hybridized carbons (Fsp3) is 0.500. The highest BCUT2D eigenvalue weighted by Crippen LogP contribution is 2.37. The first kappa shape index (κ1) is 26.3. The van der Waals surface area contributed by atoms with Gasteiger partial charge in [0.25, 0.3) is 0 Å². The monoisotopic (exact) mass is 502 g/mol. The number of amides is 2. The van der Waals surface area contributed by atoms with Crippen LogP contribution in [0.5, 0.6) is 0 Å². The molecule has 1 aromatic carbocycles. The number of fused-ring (bicyclic) bond motifs is 1. The van der Waals surface area contributed by atoms with Crippen molar-refractivity contribution in [2.75, 3.05) is 23.5 Å². The van der Waals surface area contributed by atoms with Gasteiger partial charge in [0.1, 0.15) is 5.00 Å². The molecule has 6 nitrogen and oxygen atoms in total. The van der Waals surface area contributed by atoms with Crippen LogP contribution < -0.4 is 10.6 Å². The van der Waals surface area contributed by atoms with Crippen molar-refractivity contribution in [1.82, 2.24) is 0 Å². The maximum absolute atomic E-state index is 12.8. The second-order valence-corrected chi connectivity index (χ2v) is 11.9. The van der Waals surface area contributed by atoms with Crippen LogP contribution in [0.2, 0.25) is 0 Å². The van der Waals surface area contributed by atoms with Crippen molar-refractivity contribution in [1.29, 1.82) is 0 Å². The number of ether oxygens (including phenoxy) is 1. The van der Waals surface area contributed by atoms with Crippen LogP contribution in [0.15, 0.2) is 29.2 Å². The lowest BCUT2D eigenvalue weighted by Crippen LogP contribution is -2.19. The average molecular weight is 503 g/mol. The number of carbonyl (C=O) groups excluding carboxylic acids is 3. The fourth-order valence-electron chi connectivity index (χ4n) is 3.99. The van der Waals surface area contributed by atoms with Crippen LogP contribution in [-0.4, -0.2) is 30.6 Å². The van der Waals surface area contributed by atoms with E-state index in [1.165, 1.54) is 41.5 Å². The van der Waals surface area contributed by atoms with Crippen LogP contribution in [-0.2, 0) is 27.2 Å². The molecule has 1 aromatic heterocycles. The first-order chi connectivity index (χ1) is 16.2. The van der Waals surface area contributed by atoms with Gasteiger partial charge in [-0.3, -0.25) is 9.59 Å². The van der Waals surface area contributed by atoms with Gasteiger partial charge in [0.2, 0.25) is 11.8 Å². The molecule has 1 heterocycles. The van der Waals surface area contributed by atoms with Crippen molar-refractivity contribution in [2.45, 2.75) is 70.6 Å². The minimum Gasteiger partial charge on any atom is -0.465 e. The standard InChI is InChI=1S/C26H34N2O4S2/c1-26(2,3)15-21(29)27-17-10-9-11-18(14-17)33-16-22(30)28-24-23(25(31)32-4)19-12-7-5-6-8-13-20(19)34-24/h9-11,14H,5-8,12-13,15-16H2,1-4H3,(H,27,29)(H,28,30). The van der Waals surface area contributed by atoms with E-state index in [4.69, 9.17) is 4.74 Å². The summed E-state index contributed by atoms with van der Waals surface area (Å²) in [6.07, 6.45) is 6.69. The molecular weight excluding hydrogens is 468 g/mol. The minimum absolute atomic E-state index is 0.0315. The van der Waals surface area contributed by atoms with Crippen LogP contribution in [0.25, 0.3) is 0 Å². The molecular formula is C26H34N2O4S2. The third-order valence-corrected chi connectivity index (χ3v) is 7.69. The number of rotatable bonds is 7. The quantitative estimate of drug-likeness (QED) is 0.343. The van der Waals surface area contributed by atoms with Gasteiger partial charge in [0.05, 0.1) is 18.4 Å². The molecule has 3 rings (SSSR count). The number of aryl methyl sites for hydroxylation is 1. The Bertz CT molecular complexity index is 1040. The van der Waals surface area contributed by atoms with E-state index in [1.54, 1.807) is 0 Å². The van der Waals surface area contributed by atoms with Crippen molar-refractivity contribution in [2.24, 2.45) is 5.41 Å². The molecule has 0 atom stereocenters. The van der Waals surface area contributed by atoms with Gasteiger partial charge < -0.3 is 15.4 Å². The number of esters is 1. The molecule has 1 aliphatic rings. The zero-order valence-corrected chi connectivity index (χ0v) is 22.0. The predicted molar refractivity (Wildman–Crippen MR) is 140 cm³/mol. The Balaban J connectivity index is 1.65. The number of thioether (sulfide) groups is 1. The lowest BCUT2D eigenvalue weighted by atomic mass is 9.92. The summed E-state index contributed by atoms with van der Waals surface area (Å²) in [4.78, 5) is 39.6. The summed E-state index contributed by atoms with van der Waals surface area (Å²) in [7, 11) is 1.38. The highest BCUT2D eigenvalue weighted by molar-refractivity contribution is 8.00. The van der Waals surface area contributed by atoms with Crippen molar-refractivity contribution in [3.63, 3.8) is 0 Å². The highest BCUT2D eigenvalue weighted by Gasteiger charge is 2.26. The van der Waals surface area contributed by atoms with Gasteiger partial charge in [0, 0.05) is 21.9 Å². The maximum Gasteiger partial charge on any atom is 0.341 e. The molecule has 0 saturated carbocycles. The van der Waals surface area contributed by atoms with Crippen LogP contribution in [0, 0.1) is 5.41 Å². The smallest absolute Gasteiger partial charge is 0.341 e. The summed E-state index contributed by atoms with van der Waals surface area (Å²) < 4.78 is 5.04. The summed E-state index contributed by atoms with van der Waals surface area (Å²) in [5.41, 5.74) is 2.19. The van der Waals surface area contributed by atoms with Crippen molar-refractivity contribution < 1.29 is 19.1 Å². The van der Waals surface area contributed by atoms with Crippen LogP contribution >= 0.6 is 23.1 Å². The zero-order chi connectivity index (χ0) is 24.7. The molecule has 0 aliphatic heterocycles. The Labute approximate surface area is 210 Å². The molecule has 34 heavy (non-hydrogen) atoms. The normalized spacial score (nSPS) is 13.9. The maximum atomic E-state index is 12.8. The number of carbonyl (C=O) groups is 3. The van der Waals surface area contributed by atoms with E-state index in [0.717, 1.165) is 42.6 Å². The van der Waals surface area contributed by atoms with Crippen molar-refractivity contribution in [3.05, 3.63) is 40.3 Å². The zero-order valence-electron chi connectivity index (χ0n) is 20.4. The third-order valence-electron chi connectivity index (χ3n) is 5.49. The summed E-state index contributed by atoms with van der Waals surface area (Å²) in [5, 5.41) is 6.47. The van der Waals surface area contributed by atoms with E-state index < -0.39 is 0 Å². The van der Waals surface area contributed by atoms with E-state index in [2.05, 4.69) is 10.6 Å². The molecule has 2 amide bonds. The summed E-state index contributed by atoms with van der Waals surface area (Å²) >= 11 is 2.89. The Morgan fingerprint density at radius 1 is 1.03 bits per heavy atom. The lowest BCUT2D eigenvalue weighted by Gasteiger charge is -2.17. The van der Waals surface area contributed by atoms with E-state index >= 15 is 0 Å². The van der Waals surface area contributed by atoms with Gasteiger partial charge in [-0.05, 0) is 54.9 Å². The number of nitrogens with one attached hydrogen (secondary N) is 2. The Morgan fingerprint density at radius 2 is 1.76 bits per heavy atom. The first-order valence-electron chi connectivity index (χ1n) is 11.7. The van der Waals surface area contributed by atoms with E-state index in [-0.39, 0.29) is 29.0 Å². The van der Waals surface area contributed by atoms with E-state index in [9.17, 15) is 14.4 Å². The minimum atomic E-state index is -0.389. The molecule has 0 fully saturated rings. The van der Waals surface area contributed by atoms with Gasteiger partial charge in [-0.1, -0.05) is 39.7 Å². The van der Waals surface area contributed by atoms with Gasteiger partial charge in [-0.2, -0.15) is 0 Å². The number of hydrogen-bond acceptors (Lipinski definition) is 6. The molecule has 1 aliphatic carbocycles. The molecule has 2 N–H and O–H groups in total. The molecule has 0 unspecified atom stereocenters. The van der Waals surface area contributed by atoms with Gasteiger partial charge in [-0.15, -0.1) is 23.1 Å². The van der Waals surface area contributed by atoms with Gasteiger partial charge in [-0.25, -0.2) is 4.79 Å². The fourth-order valence-corrected chi connectivity index (χ4v) is 6.04. The van der Waals surface area contributed by atoms with Crippen molar-refractivity contribution in [3.8, 4) is 0 Å². The second kappa shape index (κ2) is 11.9. The predicted octanol–water partition coefficient (Wildman–Crippen LogP) is 6.30. The average Bonchev–Trinajstić information content (AvgIpc) is 3.06. The molecule has 0 saturated heterocycles. The Kier molecular flexibility index (Phi) is 9.19. The van der Waals surface area contributed by atoms with Crippen LogP contribution in [0.1, 0.15) is 73.7 Å². The molecule has 2 aromatic rings. The highest BCUT2D eigenvalue weighted by atomic mass is 32.2. The molecule has 8 heteroatoms. The third kappa shape index (κ3) is 7.60. The molecule has 0 spiro atoms. The van der Waals surface area contributed by atoms with Crippen molar-refractivity contribution >= 4 is 51.6 Å². The Morgan fingerprint density at radius 3 is 2.47 bits per heavy atom. The Hall–Kier alpha value is -2.32. The van der Waals surface area contributed by atoms with Crippen LogP contribution in [0.4, 0.5) is 10.7 Å². The molecule has 184 valence electrons. The first-order valence-corrected chi connectivity index (χ1v) is 13.5. The molecule has 0 bridgehead atoms. The summed E-state index contributed by atoms with van der Waals surface area (Å²) in [6, 6.07) is 7.49. The summed E-state index contributed by atoms with van der Waals surface area (Å²) in [5.74, 6) is -0.398. The second-order valence-electron chi connectivity index (χ2n) is 9.76. The largest absolute Gasteiger partial charge is 0.465 e. The van der Waals surface area contributed by atoms with E-state index in [0.29, 0.717) is 22.7 Å². The molecule has 0 radical (unpaired) electrons.